The molecular weight excluding hydrogens is 356 g/mol. The van der Waals surface area contributed by atoms with Crippen LogP contribution in [0.15, 0.2) is 33.6 Å². The van der Waals surface area contributed by atoms with E-state index in [-0.39, 0.29) is 11.5 Å². The Labute approximate surface area is 134 Å². The molecule has 25 heavy (non-hydrogen) atoms. The van der Waals surface area contributed by atoms with Crippen LogP contribution in [-0.4, -0.2) is 14.8 Å². The largest absolute Gasteiger partial charge is 0.417 e. The first-order valence-electron chi connectivity index (χ1n) is 6.63. The van der Waals surface area contributed by atoms with Gasteiger partial charge in [0.15, 0.2) is 5.82 Å². The number of hydrogen-bond acceptors (Lipinski definition) is 4. The number of aromatic nitrogens is 3. The minimum Gasteiger partial charge on any atom is -0.402 e. The molecule has 0 aliphatic rings. The highest BCUT2D eigenvalue weighted by Crippen LogP contribution is 2.35. The molecule has 0 spiro atoms. The molecule has 3 rings (SSSR count). The summed E-state index contributed by atoms with van der Waals surface area (Å²) in [5.74, 6) is -0.155. The molecule has 3 aromatic heterocycles. The van der Waals surface area contributed by atoms with Gasteiger partial charge in [0.1, 0.15) is 0 Å². The lowest BCUT2D eigenvalue weighted by Crippen LogP contribution is -2.11. The molecule has 11 heteroatoms. The van der Waals surface area contributed by atoms with Crippen LogP contribution >= 0.6 is 0 Å². The fourth-order valence-corrected chi connectivity index (χ4v) is 2.30. The van der Waals surface area contributed by atoms with Crippen LogP contribution < -0.4 is 5.63 Å². The van der Waals surface area contributed by atoms with Crippen LogP contribution in [0.5, 0.6) is 0 Å². The van der Waals surface area contributed by atoms with Crippen LogP contribution in [-0.2, 0) is 12.4 Å². The fourth-order valence-electron chi connectivity index (χ4n) is 2.30. The summed E-state index contributed by atoms with van der Waals surface area (Å²) >= 11 is 0. The van der Waals surface area contributed by atoms with Gasteiger partial charge in [0.25, 0.3) is 0 Å². The van der Waals surface area contributed by atoms with Crippen LogP contribution in [0.4, 0.5) is 26.3 Å². The molecule has 3 aromatic rings. The standard InChI is InChI=1S/C14H7F6N3O2/c1-6-11-8(14(18,19)20)4-10(24)25-12(11)22-23(6)9-3-2-7(5-21-9)13(15,16)17/h2-5H,1H3. The first kappa shape index (κ1) is 17.0. The topological polar surface area (TPSA) is 60.9 Å². The van der Waals surface area contributed by atoms with Crippen molar-refractivity contribution in [1.29, 1.82) is 0 Å². The van der Waals surface area contributed by atoms with Crippen LogP contribution in [0.25, 0.3) is 16.9 Å². The molecular formula is C14H7F6N3O2. The lowest BCUT2D eigenvalue weighted by atomic mass is 10.1. The summed E-state index contributed by atoms with van der Waals surface area (Å²) in [6, 6.07) is 1.96. The van der Waals surface area contributed by atoms with Crippen molar-refractivity contribution in [3.63, 3.8) is 0 Å². The van der Waals surface area contributed by atoms with Crippen molar-refractivity contribution in [2.75, 3.05) is 0 Å². The van der Waals surface area contributed by atoms with Crippen LogP contribution in [0.2, 0.25) is 0 Å². The van der Waals surface area contributed by atoms with E-state index in [1.165, 1.54) is 6.92 Å². The Balaban J connectivity index is 2.22. The highest BCUT2D eigenvalue weighted by atomic mass is 19.4. The molecule has 0 radical (unpaired) electrons. The average Bonchev–Trinajstić information content (AvgIpc) is 2.81. The Kier molecular flexibility index (Phi) is 3.62. The van der Waals surface area contributed by atoms with Crippen molar-refractivity contribution in [2.24, 2.45) is 0 Å². The third-order valence-corrected chi connectivity index (χ3v) is 3.41. The molecule has 0 bridgehead atoms. The molecule has 5 nitrogen and oxygen atoms in total. The number of pyridine rings is 1. The van der Waals surface area contributed by atoms with E-state index in [2.05, 4.69) is 14.5 Å². The number of rotatable bonds is 1. The second-order valence-electron chi connectivity index (χ2n) is 5.06. The Morgan fingerprint density at radius 2 is 1.76 bits per heavy atom. The third kappa shape index (κ3) is 2.96. The predicted octanol–water partition coefficient (Wildman–Crippen LogP) is 3.72. The number of halogens is 6. The summed E-state index contributed by atoms with van der Waals surface area (Å²) in [5, 5.41) is 3.25. The number of aryl methyl sites for hydroxylation is 1. The van der Waals surface area contributed by atoms with E-state index in [1.807, 2.05) is 0 Å². The van der Waals surface area contributed by atoms with Gasteiger partial charge in [-0.15, -0.1) is 5.10 Å². The smallest absolute Gasteiger partial charge is 0.402 e. The zero-order valence-electron chi connectivity index (χ0n) is 12.2. The van der Waals surface area contributed by atoms with Gasteiger partial charge in [-0.2, -0.15) is 26.3 Å². The van der Waals surface area contributed by atoms with Crippen molar-refractivity contribution >= 4 is 11.1 Å². The second kappa shape index (κ2) is 5.33. The summed E-state index contributed by atoms with van der Waals surface area (Å²) in [4.78, 5) is 14.9. The summed E-state index contributed by atoms with van der Waals surface area (Å²) in [6.45, 7) is 1.25. The molecule has 0 aliphatic carbocycles. The normalized spacial score (nSPS) is 12.8. The van der Waals surface area contributed by atoms with E-state index in [0.29, 0.717) is 12.3 Å². The van der Waals surface area contributed by atoms with Gasteiger partial charge in [-0.05, 0) is 19.1 Å². The molecule has 0 saturated heterocycles. The van der Waals surface area contributed by atoms with Crippen molar-refractivity contribution in [3.8, 4) is 5.82 Å². The van der Waals surface area contributed by atoms with E-state index in [9.17, 15) is 31.1 Å². The van der Waals surface area contributed by atoms with Gasteiger partial charge in [-0.3, -0.25) is 0 Å². The molecule has 0 fully saturated rings. The predicted molar refractivity (Wildman–Crippen MR) is 72.1 cm³/mol. The summed E-state index contributed by atoms with van der Waals surface area (Å²) in [7, 11) is 0. The number of alkyl halides is 6. The minimum atomic E-state index is -4.83. The monoisotopic (exact) mass is 363 g/mol. The first-order chi connectivity index (χ1) is 11.5. The maximum absolute atomic E-state index is 13.1. The zero-order chi connectivity index (χ0) is 18.6. The molecule has 0 amide bonds. The summed E-state index contributed by atoms with van der Waals surface area (Å²) in [6.07, 6.45) is -8.91. The molecule has 0 N–H and O–H groups in total. The van der Waals surface area contributed by atoms with Gasteiger partial charge in [0, 0.05) is 12.3 Å². The highest BCUT2D eigenvalue weighted by molar-refractivity contribution is 5.81. The van der Waals surface area contributed by atoms with Crippen molar-refractivity contribution < 1.29 is 30.8 Å². The Morgan fingerprint density at radius 3 is 2.28 bits per heavy atom. The highest BCUT2D eigenvalue weighted by Gasteiger charge is 2.36. The molecule has 0 unspecified atom stereocenters. The minimum absolute atomic E-state index is 0.0849. The van der Waals surface area contributed by atoms with Gasteiger partial charge in [0.05, 0.1) is 22.2 Å². The third-order valence-electron chi connectivity index (χ3n) is 3.41. The van der Waals surface area contributed by atoms with Gasteiger partial charge in [-0.25, -0.2) is 14.5 Å². The van der Waals surface area contributed by atoms with Gasteiger partial charge in [0.2, 0.25) is 5.71 Å². The Bertz CT molecular complexity index is 999. The van der Waals surface area contributed by atoms with Gasteiger partial charge < -0.3 is 4.42 Å². The second-order valence-corrected chi connectivity index (χ2v) is 5.06. The van der Waals surface area contributed by atoms with Crippen LogP contribution in [0.3, 0.4) is 0 Å². The Morgan fingerprint density at radius 1 is 1.08 bits per heavy atom. The molecule has 3 heterocycles. The maximum Gasteiger partial charge on any atom is 0.417 e. The van der Waals surface area contributed by atoms with E-state index in [4.69, 9.17) is 0 Å². The molecule has 0 aromatic carbocycles. The Hall–Kier alpha value is -2.85. The van der Waals surface area contributed by atoms with Crippen molar-refractivity contribution in [1.82, 2.24) is 14.8 Å². The molecule has 0 atom stereocenters. The van der Waals surface area contributed by atoms with E-state index in [1.54, 1.807) is 0 Å². The number of nitrogens with zero attached hydrogens (tertiary/aromatic N) is 3. The van der Waals surface area contributed by atoms with Gasteiger partial charge >= 0.3 is 18.0 Å². The fraction of sp³-hybridized carbons (Fsp3) is 0.214. The molecule has 132 valence electrons. The lowest BCUT2D eigenvalue weighted by molar-refractivity contribution is -0.138. The van der Waals surface area contributed by atoms with E-state index < -0.39 is 40.2 Å². The maximum atomic E-state index is 13.1. The summed E-state index contributed by atoms with van der Waals surface area (Å²) < 4.78 is 82.6. The summed E-state index contributed by atoms with van der Waals surface area (Å²) in [5.41, 5.74) is -4.18. The SMILES string of the molecule is Cc1c2c(C(F)(F)F)cc(=O)oc2nn1-c1ccc(C(F)(F)F)cn1. The zero-order valence-corrected chi connectivity index (χ0v) is 12.2. The quantitative estimate of drug-likeness (QED) is 0.619. The van der Waals surface area contributed by atoms with E-state index >= 15 is 0 Å². The average molecular weight is 363 g/mol. The molecule has 0 saturated carbocycles. The van der Waals surface area contributed by atoms with Gasteiger partial charge in [-0.1, -0.05) is 0 Å². The first-order valence-corrected chi connectivity index (χ1v) is 6.63. The van der Waals surface area contributed by atoms with Crippen LogP contribution in [0.1, 0.15) is 16.8 Å². The molecule has 0 aliphatic heterocycles. The number of hydrogen-bond donors (Lipinski definition) is 0. The van der Waals surface area contributed by atoms with Crippen LogP contribution in [0, 0.1) is 6.92 Å². The lowest BCUT2D eigenvalue weighted by Gasteiger charge is -2.08. The van der Waals surface area contributed by atoms with E-state index in [0.717, 1.165) is 16.8 Å². The number of fused-ring (bicyclic) bond motifs is 1. The van der Waals surface area contributed by atoms with Crippen molar-refractivity contribution in [2.45, 2.75) is 19.3 Å². The van der Waals surface area contributed by atoms with Crippen molar-refractivity contribution in [3.05, 3.63) is 51.6 Å².